The van der Waals surface area contributed by atoms with E-state index in [2.05, 4.69) is 20.3 Å². The molecular formula is C31H25Cl2N5O2. The summed E-state index contributed by atoms with van der Waals surface area (Å²) in [6.45, 7) is 0.834. The van der Waals surface area contributed by atoms with E-state index in [1.165, 1.54) is 6.33 Å². The van der Waals surface area contributed by atoms with Crippen LogP contribution in [0.25, 0.3) is 0 Å². The van der Waals surface area contributed by atoms with Crippen molar-refractivity contribution in [2.24, 2.45) is 4.99 Å². The maximum absolute atomic E-state index is 6.49. The van der Waals surface area contributed by atoms with Crippen LogP contribution in [0.15, 0.2) is 108 Å². The third kappa shape index (κ3) is 7.08. The van der Waals surface area contributed by atoms with E-state index < -0.39 is 0 Å². The zero-order valence-electron chi connectivity index (χ0n) is 21.3. The number of benzene rings is 4. The molecule has 7 nitrogen and oxygen atoms in total. The maximum Gasteiger partial charge on any atom is 0.144 e. The Balaban J connectivity index is 1.27. The van der Waals surface area contributed by atoms with E-state index in [1.807, 2.05) is 72.8 Å². The van der Waals surface area contributed by atoms with Crippen molar-refractivity contribution >= 4 is 52.4 Å². The van der Waals surface area contributed by atoms with E-state index >= 15 is 0 Å². The average molecular weight is 570 g/mol. The average Bonchev–Trinajstić information content (AvgIpc) is 2.97. The van der Waals surface area contributed by atoms with Crippen LogP contribution < -0.4 is 20.5 Å². The number of nitrogen functional groups attached to an aromatic ring is 1. The minimum Gasteiger partial charge on any atom is -0.487 e. The molecule has 0 aliphatic rings. The van der Waals surface area contributed by atoms with Crippen molar-refractivity contribution in [1.82, 2.24) is 9.97 Å². The molecule has 40 heavy (non-hydrogen) atoms. The lowest BCUT2D eigenvalue weighted by Gasteiger charge is -2.12. The predicted octanol–water partition coefficient (Wildman–Crippen LogP) is 8.02. The molecule has 0 amide bonds. The van der Waals surface area contributed by atoms with Gasteiger partial charge in [-0.05, 0) is 47.5 Å². The number of nitrogens with one attached hydrogen (secondary N) is 1. The van der Waals surface area contributed by atoms with E-state index in [0.717, 1.165) is 11.1 Å². The fourth-order valence-corrected chi connectivity index (χ4v) is 4.23. The first-order valence-electron chi connectivity index (χ1n) is 12.4. The van der Waals surface area contributed by atoms with E-state index in [4.69, 9.17) is 38.4 Å². The van der Waals surface area contributed by atoms with Gasteiger partial charge in [-0.15, -0.1) is 0 Å². The first-order valence-corrected chi connectivity index (χ1v) is 13.1. The summed E-state index contributed by atoms with van der Waals surface area (Å²) in [5.41, 5.74) is 10.1. The maximum atomic E-state index is 6.49. The molecule has 3 N–H and O–H groups in total. The molecule has 0 unspecified atom stereocenters. The molecule has 0 radical (unpaired) electrons. The number of ether oxygens (including phenoxy) is 2. The van der Waals surface area contributed by atoms with Crippen molar-refractivity contribution in [3.8, 4) is 11.5 Å². The molecule has 0 aliphatic heterocycles. The third-order valence-corrected chi connectivity index (χ3v) is 6.43. The fraction of sp³-hybridized carbons (Fsp3) is 0.0645. The second-order valence-electron chi connectivity index (χ2n) is 8.71. The second-order valence-corrected chi connectivity index (χ2v) is 9.53. The first-order chi connectivity index (χ1) is 19.5. The number of hydrogen-bond acceptors (Lipinski definition) is 7. The van der Waals surface area contributed by atoms with Crippen molar-refractivity contribution in [3.05, 3.63) is 130 Å². The molecule has 5 aromatic rings. The Bertz CT molecular complexity index is 1620. The normalized spacial score (nSPS) is 10.9. The predicted molar refractivity (Wildman–Crippen MR) is 161 cm³/mol. The van der Waals surface area contributed by atoms with Gasteiger partial charge in [-0.25, -0.2) is 9.97 Å². The standard InChI is InChI=1S/C31H25Cl2N5O2/c32-26-15-23(11-13-28(26)39-18-21-7-3-1-4-8-21)35-17-25-30(34)36-20-37-31(25)38-24-12-14-29(27(33)16-24)40-19-22-9-5-2-6-10-22/h1-17,20H,18-19H2,(H3,34,36,37,38). The minimum absolute atomic E-state index is 0.268. The van der Waals surface area contributed by atoms with Gasteiger partial charge in [0.15, 0.2) is 0 Å². The Morgan fingerprint density at radius 1 is 0.750 bits per heavy atom. The summed E-state index contributed by atoms with van der Waals surface area (Å²) < 4.78 is 11.7. The summed E-state index contributed by atoms with van der Waals surface area (Å²) >= 11 is 12.9. The number of nitrogens with two attached hydrogens (primary N) is 1. The van der Waals surface area contributed by atoms with Gasteiger partial charge in [-0.3, -0.25) is 4.99 Å². The van der Waals surface area contributed by atoms with E-state index in [9.17, 15) is 0 Å². The Hall–Kier alpha value is -4.59. The summed E-state index contributed by atoms with van der Waals surface area (Å²) in [5, 5.41) is 4.15. The second kappa shape index (κ2) is 13.0. The highest BCUT2D eigenvalue weighted by Gasteiger charge is 2.11. The van der Waals surface area contributed by atoms with Crippen LogP contribution in [-0.2, 0) is 13.2 Å². The van der Waals surface area contributed by atoms with Crippen LogP contribution in [-0.4, -0.2) is 16.2 Å². The van der Waals surface area contributed by atoms with E-state index in [-0.39, 0.29) is 5.82 Å². The summed E-state index contributed by atoms with van der Waals surface area (Å²) in [6, 6.07) is 30.5. The molecule has 0 saturated carbocycles. The molecule has 0 fully saturated rings. The largest absolute Gasteiger partial charge is 0.487 e. The van der Waals surface area contributed by atoms with Crippen molar-refractivity contribution in [1.29, 1.82) is 0 Å². The number of aliphatic imine (C=N–C) groups is 1. The molecule has 0 atom stereocenters. The van der Waals surface area contributed by atoms with Gasteiger partial charge < -0.3 is 20.5 Å². The third-order valence-electron chi connectivity index (χ3n) is 5.84. The van der Waals surface area contributed by atoms with Crippen LogP contribution in [0.4, 0.5) is 23.0 Å². The molecule has 9 heteroatoms. The minimum atomic E-state index is 0.268. The van der Waals surface area contributed by atoms with Gasteiger partial charge in [-0.2, -0.15) is 0 Å². The summed E-state index contributed by atoms with van der Waals surface area (Å²) in [7, 11) is 0. The summed E-state index contributed by atoms with van der Waals surface area (Å²) in [5.74, 6) is 1.89. The SMILES string of the molecule is Nc1ncnc(Nc2ccc(OCc3ccccc3)c(Cl)c2)c1C=Nc1ccc(OCc2ccccc2)c(Cl)c1. The quantitative estimate of drug-likeness (QED) is 0.165. The number of halogens is 2. The number of hydrogen-bond donors (Lipinski definition) is 2. The van der Waals surface area contributed by atoms with Gasteiger partial charge in [0.25, 0.3) is 0 Å². The van der Waals surface area contributed by atoms with Crippen molar-refractivity contribution < 1.29 is 9.47 Å². The number of aromatic nitrogens is 2. The number of rotatable bonds is 10. The van der Waals surface area contributed by atoms with Gasteiger partial charge in [0.1, 0.15) is 42.7 Å². The van der Waals surface area contributed by atoms with Crippen LogP contribution in [0.1, 0.15) is 16.7 Å². The molecule has 0 bridgehead atoms. The van der Waals surface area contributed by atoms with Crippen molar-refractivity contribution in [3.63, 3.8) is 0 Å². The molecule has 1 aromatic heterocycles. The number of nitrogens with zero attached hydrogens (tertiary/aromatic N) is 3. The molecule has 200 valence electrons. The van der Waals surface area contributed by atoms with Crippen LogP contribution >= 0.6 is 23.2 Å². The van der Waals surface area contributed by atoms with Gasteiger partial charge in [0.2, 0.25) is 0 Å². The molecule has 0 saturated heterocycles. The molecule has 0 spiro atoms. The van der Waals surface area contributed by atoms with Crippen LogP contribution in [0.5, 0.6) is 11.5 Å². The molecule has 5 rings (SSSR count). The Morgan fingerprint density at radius 2 is 1.35 bits per heavy atom. The van der Waals surface area contributed by atoms with Gasteiger partial charge in [0.05, 0.1) is 21.3 Å². The van der Waals surface area contributed by atoms with Crippen LogP contribution in [0, 0.1) is 0 Å². The van der Waals surface area contributed by atoms with Crippen LogP contribution in [0.2, 0.25) is 10.0 Å². The highest BCUT2D eigenvalue weighted by atomic mass is 35.5. The lowest BCUT2D eigenvalue weighted by molar-refractivity contribution is 0.306. The zero-order valence-corrected chi connectivity index (χ0v) is 22.8. The Labute approximate surface area is 242 Å². The molecule has 1 heterocycles. The van der Waals surface area contributed by atoms with Gasteiger partial charge in [-0.1, -0.05) is 83.9 Å². The zero-order chi connectivity index (χ0) is 27.7. The van der Waals surface area contributed by atoms with Gasteiger partial charge >= 0.3 is 0 Å². The molecule has 0 aliphatic carbocycles. The Morgan fingerprint density at radius 3 is 1.95 bits per heavy atom. The smallest absolute Gasteiger partial charge is 0.144 e. The van der Waals surface area contributed by atoms with Crippen molar-refractivity contribution in [2.75, 3.05) is 11.1 Å². The van der Waals surface area contributed by atoms with Gasteiger partial charge in [0, 0.05) is 11.9 Å². The lowest BCUT2D eigenvalue weighted by Crippen LogP contribution is -2.05. The summed E-state index contributed by atoms with van der Waals surface area (Å²) in [6.07, 6.45) is 2.97. The Kier molecular flexibility index (Phi) is 8.76. The fourth-order valence-electron chi connectivity index (χ4n) is 3.77. The number of anilines is 3. The van der Waals surface area contributed by atoms with Crippen LogP contribution in [0.3, 0.4) is 0 Å². The first kappa shape index (κ1) is 27.0. The highest BCUT2D eigenvalue weighted by molar-refractivity contribution is 6.32. The molecular weight excluding hydrogens is 545 g/mol. The lowest BCUT2D eigenvalue weighted by atomic mass is 10.2. The molecule has 4 aromatic carbocycles. The van der Waals surface area contributed by atoms with Crippen molar-refractivity contribution in [2.45, 2.75) is 13.2 Å². The highest BCUT2D eigenvalue weighted by Crippen LogP contribution is 2.32. The monoisotopic (exact) mass is 569 g/mol. The van der Waals surface area contributed by atoms with E-state index in [0.29, 0.717) is 57.5 Å². The van der Waals surface area contributed by atoms with E-state index in [1.54, 1.807) is 30.5 Å². The summed E-state index contributed by atoms with van der Waals surface area (Å²) in [4.78, 5) is 13.0. The topological polar surface area (TPSA) is 94.7 Å².